The number of anilines is 1. The number of carbonyl (C=O) groups is 1. The summed E-state index contributed by atoms with van der Waals surface area (Å²) in [6.07, 6.45) is 2.78. The Morgan fingerprint density at radius 3 is 2.70 bits per heavy atom. The molecule has 1 aromatic heterocycles. The van der Waals surface area contributed by atoms with Gasteiger partial charge in [-0.2, -0.15) is 5.26 Å². The molecule has 0 bridgehead atoms. The second-order valence-corrected chi connectivity index (χ2v) is 6.68. The zero-order chi connectivity index (χ0) is 19.6. The molecule has 1 aromatic carbocycles. The predicted octanol–water partition coefficient (Wildman–Crippen LogP) is 0.343. The SMILES string of the molecule is CCn1c(=C(C#N)C(=O)NCCCCO)sc(=CNc2ccccc2)c1=O. The van der Waals surface area contributed by atoms with Crippen molar-refractivity contribution in [3.8, 4) is 6.07 Å². The molecule has 0 aliphatic heterocycles. The zero-order valence-corrected chi connectivity index (χ0v) is 15.9. The Balaban J connectivity index is 2.40. The standard InChI is InChI=1S/C19H22N4O3S/c1-2-23-18(26)16(13-22-14-8-4-3-5-9-14)27-19(23)15(12-20)17(25)21-10-6-7-11-24/h3-5,8-9,13,22,24H,2,6-7,10-11H2,1H3,(H,21,25). The summed E-state index contributed by atoms with van der Waals surface area (Å²) in [4.78, 5) is 24.9. The van der Waals surface area contributed by atoms with Crippen LogP contribution in [-0.4, -0.2) is 28.7 Å². The number of thiazole rings is 1. The minimum absolute atomic E-state index is 0.0542. The van der Waals surface area contributed by atoms with E-state index in [-0.39, 0.29) is 17.7 Å². The maximum absolute atomic E-state index is 12.6. The summed E-state index contributed by atoms with van der Waals surface area (Å²) in [6, 6.07) is 11.3. The highest BCUT2D eigenvalue weighted by Gasteiger charge is 2.14. The Hall–Kier alpha value is -2.89. The summed E-state index contributed by atoms with van der Waals surface area (Å²) in [7, 11) is 0. The number of amides is 1. The van der Waals surface area contributed by atoms with Crippen LogP contribution in [0.2, 0.25) is 0 Å². The van der Waals surface area contributed by atoms with Gasteiger partial charge >= 0.3 is 0 Å². The summed E-state index contributed by atoms with van der Waals surface area (Å²) in [6.45, 7) is 2.56. The van der Waals surface area contributed by atoms with Gasteiger partial charge < -0.3 is 15.7 Å². The Morgan fingerprint density at radius 2 is 2.07 bits per heavy atom. The van der Waals surface area contributed by atoms with Crippen LogP contribution >= 0.6 is 11.3 Å². The molecule has 0 aliphatic carbocycles. The lowest BCUT2D eigenvalue weighted by molar-refractivity contribution is -0.115. The molecule has 142 valence electrons. The van der Waals surface area contributed by atoms with Crippen LogP contribution < -0.4 is 25.4 Å². The molecule has 1 heterocycles. The second kappa shape index (κ2) is 10.3. The first-order valence-corrected chi connectivity index (χ1v) is 9.48. The summed E-state index contributed by atoms with van der Waals surface area (Å²) in [5.74, 6) is -0.513. The van der Waals surface area contributed by atoms with E-state index in [9.17, 15) is 14.9 Å². The molecule has 27 heavy (non-hydrogen) atoms. The molecule has 0 saturated heterocycles. The van der Waals surface area contributed by atoms with Gasteiger partial charge in [-0.15, -0.1) is 11.3 Å². The van der Waals surface area contributed by atoms with Crippen molar-refractivity contribution in [2.75, 3.05) is 18.5 Å². The molecule has 0 radical (unpaired) electrons. The number of unbranched alkanes of at least 4 members (excludes halogenated alkanes) is 1. The average molecular weight is 386 g/mol. The topological polar surface area (TPSA) is 107 Å². The lowest BCUT2D eigenvalue weighted by Gasteiger charge is -2.03. The fourth-order valence-corrected chi connectivity index (χ4v) is 3.48. The van der Waals surface area contributed by atoms with Crippen molar-refractivity contribution >= 4 is 34.7 Å². The lowest BCUT2D eigenvalue weighted by Crippen LogP contribution is -2.34. The van der Waals surface area contributed by atoms with Crippen LogP contribution in [0, 0.1) is 11.3 Å². The largest absolute Gasteiger partial charge is 0.396 e. The number of carbonyl (C=O) groups excluding carboxylic acids is 1. The first kappa shape index (κ1) is 20.4. The highest BCUT2D eigenvalue weighted by Crippen LogP contribution is 2.04. The molecule has 0 spiro atoms. The van der Waals surface area contributed by atoms with Crippen molar-refractivity contribution in [3.63, 3.8) is 0 Å². The molecule has 0 saturated carbocycles. The number of benzene rings is 1. The van der Waals surface area contributed by atoms with E-state index < -0.39 is 5.91 Å². The molecule has 8 heteroatoms. The Bertz CT molecular complexity index is 987. The van der Waals surface area contributed by atoms with E-state index in [4.69, 9.17) is 5.11 Å². The van der Waals surface area contributed by atoms with E-state index in [1.54, 1.807) is 13.1 Å². The number of hydrogen-bond acceptors (Lipinski definition) is 6. The third-order valence-electron chi connectivity index (χ3n) is 3.79. The van der Waals surface area contributed by atoms with Crippen molar-refractivity contribution < 1.29 is 9.90 Å². The minimum Gasteiger partial charge on any atom is -0.396 e. The number of nitrogens with one attached hydrogen (secondary N) is 2. The van der Waals surface area contributed by atoms with Crippen LogP contribution in [0.25, 0.3) is 11.8 Å². The molecule has 0 aliphatic rings. The van der Waals surface area contributed by atoms with E-state index >= 15 is 0 Å². The van der Waals surface area contributed by atoms with E-state index in [0.717, 1.165) is 17.0 Å². The van der Waals surface area contributed by atoms with Gasteiger partial charge in [0.25, 0.3) is 11.5 Å². The number of nitrogens with zero attached hydrogens (tertiary/aromatic N) is 2. The number of aliphatic hydroxyl groups is 1. The van der Waals surface area contributed by atoms with Crippen molar-refractivity contribution in [1.82, 2.24) is 9.88 Å². The molecular formula is C19H22N4O3S. The van der Waals surface area contributed by atoms with Crippen molar-refractivity contribution in [2.24, 2.45) is 0 Å². The van der Waals surface area contributed by atoms with Crippen LogP contribution in [0.3, 0.4) is 0 Å². The number of aromatic nitrogens is 1. The lowest BCUT2D eigenvalue weighted by atomic mass is 10.2. The Kier molecular flexibility index (Phi) is 7.79. The molecule has 0 atom stereocenters. The molecule has 3 N–H and O–H groups in total. The van der Waals surface area contributed by atoms with E-state index in [1.807, 2.05) is 36.4 Å². The number of rotatable bonds is 8. The predicted molar refractivity (Wildman–Crippen MR) is 106 cm³/mol. The van der Waals surface area contributed by atoms with Gasteiger partial charge in [-0.05, 0) is 31.9 Å². The van der Waals surface area contributed by atoms with Crippen LogP contribution in [0.4, 0.5) is 5.69 Å². The van der Waals surface area contributed by atoms with E-state index in [2.05, 4.69) is 10.6 Å². The summed E-state index contributed by atoms with van der Waals surface area (Å²) in [5, 5.41) is 24.0. The van der Waals surface area contributed by atoms with Crippen LogP contribution in [-0.2, 0) is 11.3 Å². The first-order valence-electron chi connectivity index (χ1n) is 8.67. The van der Waals surface area contributed by atoms with Crippen molar-refractivity contribution in [2.45, 2.75) is 26.3 Å². The van der Waals surface area contributed by atoms with Gasteiger partial charge in [-0.25, -0.2) is 0 Å². The first-order chi connectivity index (χ1) is 13.1. The van der Waals surface area contributed by atoms with Gasteiger partial charge in [0.15, 0.2) is 5.57 Å². The number of nitriles is 1. The smallest absolute Gasteiger partial charge is 0.270 e. The van der Waals surface area contributed by atoms with E-state index in [0.29, 0.717) is 35.1 Å². The van der Waals surface area contributed by atoms with Crippen molar-refractivity contribution in [3.05, 3.63) is 49.9 Å². The molecular weight excluding hydrogens is 364 g/mol. The molecule has 0 unspecified atom stereocenters. The molecule has 1 amide bonds. The van der Waals surface area contributed by atoms with Crippen LogP contribution in [0.5, 0.6) is 0 Å². The minimum atomic E-state index is -0.513. The maximum atomic E-state index is 12.6. The monoisotopic (exact) mass is 386 g/mol. The molecule has 2 rings (SSSR count). The molecule has 7 nitrogen and oxygen atoms in total. The summed E-state index contributed by atoms with van der Waals surface area (Å²) >= 11 is 1.11. The van der Waals surface area contributed by atoms with Gasteiger partial charge in [-0.1, -0.05) is 18.2 Å². The van der Waals surface area contributed by atoms with Gasteiger partial charge in [0.2, 0.25) is 0 Å². The van der Waals surface area contributed by atoms with Gasteiger partial charge in [0.05, 0.1) is 0 Å². The van der Waals surface area contributed by atoms with Crippen LogP contribution in [0.15, 0.2) is 35.1 Å². The third kappa shape index (κ3) is 5.29. The molecule has 2 aromatic rings. The average Bonchev–Trinajstić information content (AvgIpc) is 3.00. The maximum Gasteiger partial charge on any atom is 0.270 e. The van der Waals surface area contributed by atoms with Gasteiger partial charge in [0, 0.05) is 31.6 Å². The summed E-state index contributed by atoms with van der Waals surface area (Å²) in [5.41, 5.74) is 0.505. The second-order valence-electron chi connectivity index (χ2n) is 5.65. The fraction of sp³-hybridized carbons (Fsp3) is 0.316. The Labute approximate surface area is 160 Å². The summed E-state index contributed by atoms with van der Waals surface area (Å²) < 4.78 is 2.18. The van der Waals surface area contributed by atoms with E-state index in [1.165, 1.54) is 4.57 Å². The third-order valence-corrected chi connectivity index (χ3v) is 4.92. The van der Waals surface area contributed by atoms with Gasteiger partial charge in [0.1, 0.15) is 15.3 Å². The Morgan fingerprint density at radius 1 is 1.33 bits per heavy atom. The number of para-hydroxylation sites is 1. The number of aliphatic hydroxyl groups excluding tert-OH is 1. The number of hydrogen-bond donors (Lipinski definition) is 3. The molecule has 0 fully saturated rings. The highest BCUT2D eigenvalue weighted by atomic mass is 32.1. The quantitative estimate of drug-likeness (QED) is 0.567. The van der Waals surface area contributed by atoms with Crippen molar-refractivity contribution in [1.29, 1.82) is 5.26 Å². The normalized spacial score (nSPS) is 12.4. The fourth-order valence-electron chi connectivity index (χ4n) is 2.40. The highest BCUT2D eigenvalue weighted by molar-refractivity contribution is 7.07. The zero-order valence-electron chi connectivity index (χ0n) is 15.1. The van der Waals surface area contributed by atoms with Gasteiger partial charge in [-0.3, -0.25) is 14.2 Å². The van der Waals surface area contributed by atoms with Crippen LogP contribution in [0.1, 0.15) is 19.8 Å².